The average molecular weight is 250 g/mol. The lowest BCUT2D eigenvalue weighted by molar-refractivity contribution is -0.132. The Bertz CT molecular complexity index is 408. The van der Waals surface area contributed by atoms with Crippen LogP contribution in [0, 0.1) is 0 Å². The molecule has 0 unspecified atom stereocenters. The van der Waals surface area contributed by atoms with Crippen LogP contribution in [0.5, 0.6) is 0 Å². The number of amides is 1. The van der Waals surface area contributed by atoms with Crippen LogP contribution in [-0.4, -0.2) is 45.2 Å². The molecule has 18 heavy (non-hydrogen) atoms. The summed E-state index contributed by atoms with van der Waals surface area (Å²) in [5.41, 5.74) is 0.260. The maximum absolute atomic E-state index is 12.1. The van der Waals surface area contributed by atoms with Crippen molar-refractivity contribution in [3.8, 4) is 0 Å². The zero-order chi connectivity index (χ0) is 12.8. The number of carbonyl (C=O) groups is 2. The highest BCUT2D eigenvalue weighted by Gasteiger charge is 2.15. The summed E-state index contributed by atoms with van der Waals surface area (Å²) >= 11 is 0. The fraction of sp³-hybridized carbons (Fsp3) is 0.667. The van der Waals surface area contributed by atoms with E-state index in [0.717, 1.165) is 25.9 Å². The van der Waals surface area contributed by atoms with Crippen LogP contribution >= 0.6 is 0 Å². The van der Waals surface area contributed by atoms with Gasteiger partial charge in [0.15, 0.2) is 6.29 Å². The molecular weight excluding hydrogens is 232 g/mol. The molecule has 1 aliphatic rings. The van der Waals surface area contributed by atoms with E-state index >= 15 is 0 Å². The Labute approximate surface area is 106 Å². The fourth-order valence-electron chi connectivity index (χ4n) is 2.18. The molecule has 0 spiro atoms. The Morgan fingerprint density at radius 1 is 1.22 bits per heavy atom. The standard InChI is InChI=1S/C12H18N4O2/c17-10-11-8-16(14-13-11)9-12(18)15-6-4-2-1-3-5-7-15/h8,10H,1-7,9H2. The normalized spacial score (nSPS) is 17.0. The molecule has 6 heteroatoms. The molecule has 0 atom stereocenters. The maximum Gasteiger partial charge on any atom is 0.244 e. The third-order valence-electron chi connectivity index (χ3n) is 3.18. The lowest BCUT2D eigenvalue weighted by Crippen LogP contribution is -2.36. The molecular formula is C12H18N4O2. The smallest absolute Gasteiger partial charge is 0.244 e. The highest BCUT2D eigenvalue weighted by Crippen LogP contribution is 2.10. The summed E-state index contributed by atoms with van der Waals surface area (Å²) < 4.78 is 1.42. The number of likely N-dealkylation sites (tertiary alicyclic amines) is 1. The molecule has 1 aromatic heterocycles. The molecule has 0 radical (unpaired) electrons. The molecule has 1 aliphatic heterocycles. The van der Waals surface area contributed by atoms with Crippen molar-refractivity contribution in [3.63, 3.8) is 0 Å². The fourth-order valence-corrected chi connectivity index (χ4v) is 2.18. The largest absolute Gasteiger partial charge is 0.341 e. The zero-order valence-corrected chi connectivity index (χ0v) is 10.4. The quantitative estimate of drug-likeness (QED) is 0.747. The number of hydrogen-bond donors (Lipinski definition) is 0. The number of aromatic nitrogens is 3. The first-order valence-corrected chi connectivity index (χ1v) is 6.42. The zero-order valence-electron chi connectivity index (χ0n) is 10.4. The number of hydrogen-bond acceptors (Lipinski definition) is 4. The first-order chi connectivity index (χ1) is 8.79. The monoisotopic (exact) mass is 250 g/mol. The molecule has 0 bridgehead atoms. The molecule has 0 aromatic carbocycles. The van der Waals surface area contributed by atoms with E-state index in [1.54, 1.807) is 0 Å². The summed E-state index contributed by atoms with van der Waals surface area (Å²) in [5, 5.41) is 7.39. The van der Waals surface area contributed by atoms with Crippen molar-refractivity contribution in [1.82, 2.24) is 19.9 Å². The van der Waals surface area contributed by atoms with Crippen molar-refractivity contribution < 1.29 is 9.59 Å². The Hall–Kier alpha value is -1.72. The maximum atomic E-state index is 12.1. The first kappa shape index (κ1) is 12.7. The van der Waals surface area contributed by atoms with Gasteiger partial charge in [-0.25, -0.2) is 4.68 Å². The Kier molecular flexibility index (Phi) is 4.44. The van der Waals surface area contributed by atoms with E-state index in [4.69, 9.17) is 0 Å². The van der Waals surface area contributed by atoms with Crippen molar-refractivity contribution in [1.29, 1.82) is 0 Å². The molecule has 0 N–H and O–H groups in total. The van der Waals surface area contributed by atoms with Crippen molar-refractivity contribution in [2.24, 2.45) is 0 Å². The third-order valence-corrected chi connectivity index (χ3v) is 3.18. The molecule has 2 heterocycles. The number of aldehydes is 1. The van der Waals surface area contributed by atoms with Gasteiger partial charge in [-0.15, -0.1) is 5.10 Å². The highest BCUT2D eigenvalue weighted by atomic mass is 16.2. The molecule has 0 saturated carbocycles. The van der Waals surface area contributed by atoms with Gasteiger partial charge in [0.05, 0.1) is 6.20 Å². The molecule has 1 aromatic rings. The molecule has 2 rings (SSSR count). The van der Waals surface area contributed by atoms with E-state index in [-0.39, 0.29) is 18.1 Å². The van der Waals surface area contributed by atoms with E-state index in [1.165, 1.54) is 30.1 Å². The second-order valence-electron chi connectivity index (χ2n) is 4.61. The van der Waals surface area contributed by atoms with Gasteiger partial charge >= 0.3 is 0 Å². The van der Waals surface area contributed by atoms with Crippen LogP contribution in [0.3, 0.4) is 0 Å². The van der Waals surface area contributed by atoms with Crippen LogP contribution < -0.4 is 0 Å². The third kappa shape index (κ3) is 3.38. The summed E-state index contributed by atoms with van der Waals surface area (Å²) in [6.45, 7) is 1.82. The van der Waals surface area contributed by atoms with Gasteiger partial charge in [-0.05, 0) is 12.8 Å². The van der Waals surface area contributed by atoms with Crippen LogP contribution in [0.1, 0.15) is 42.6 Å². The Morgan fingerprint density at radius 2 is 1.89 bits per heavy atom. The molecule has 6 nitrogen and oxygen atoms in total. The summed E-state index contributed by atoms with van der Waals surface area (Å²) in [6, 6.07) is 0. The second-order valence-corrected chi connectivity index (χ2v) is 4.61. The minimum absolute atomic E-state index is 0.0549. The van der Waals surface area contributed by atoms with Gasteiger partial charge < -0.3 is 4.90 Å². The van der Waals surface area contributed by atoms with Gasteiger partial charge in [-0.3, -0.25) is 9.59 Å². The Balaban J connectivity index is 1.91. The van der Waals surface area contributed by atoms with Gasteiger partial charge in [0.25, 0.3) is 0 Å². The van der Waals surface area contributed by atoms with Crippen molar-refractivity contribution in [2.45, 2.75) is 38.6 Å². The number of carbonyl (C=O) groups excluding carboxylic acids is 2. The molecule has 1 amide bonds. The van der Waals surface area contributed by atoms with Crippen LogP contribution in [0.25, 0.3) is 0 Å². The van der Waals surface area contributed by atoms with Gasteiger partial charge in [-0.1, -0.05) is 24.5 Å². The van der Waals surface area contributed by atoms with E-state index in [0.29, 0.717) is 6.29 Å². The van der Waals surface area contributed by atoms with E-state index in [1.807, 2.05) is 4.90 Å². The summed E-state index contributed by atoms with van der Waals surface area (Å²) in [4.78, 5) is 24.4. The van der Waals surface area contributed by atoms with Gasteiger partial charge in [0.1, 0.15) is 12.2 Å². The van der Waals surface area contributed by atoms with Crippen LogP contribution in [0.15, 0.2) is 6.20 Å². The molecule has 1 fully saturated rings. The van der Waals surface area contributed by atoms with E-state index in [9.17, 15) is 9.59 Å². The Morgan fingerprint density at radius 3 is 2.50 bits per heavy atom. The topological polar surface area (TPSA) is 68.1 Å². The minimum atomic E-state index is 0.0549. The van der Waals surface area contributed by atoms with Gasteiger partial charge in [0, 0.05) is 13.1 Å². The van der Waals surface area contributed by atoms with Crippen LogP contribution in [0.2, 0.25) is 0 Å². The van der Waals surface area contributed by atoms with Crippen molar-refractivity contribution in [3.05, 3.63) is 11.9 Å². The number of nitrogens with zero attached hydrogens (tertiary/aromatic N) is 4. The second kappa shape index (κ2) is 6.28. The summed E-state index contributed by atoms with van der Waals surface area (Å²) in [5.74, 6) is 0.0549. The lowest BCUT2D eigenvalue weighted by atomic mass is 10.1. The van der Waals surface area contributed by atoms with Crippen LogP contribution in [0.4, 0.5) is 0 Å². The van der Waals surface area contributed by atoms with Crippen molar-refractivity contribution >= 4 is 12.2 Å². The SMILES string of the molecule is O=Cc1cn(CC(=O)N2CCCCCCC2)nn1. The molecule has 0 aliphatic carbocycles. The van der Waals surface area contributed by atoms with Crippen LogP contribution in [-0.2, 0) is 11.3 Å². The summed E-state index contributed by atoms with van der Waals surface area (Å²) in [6.07, 6.45) is 7.93. The lowest BCUT2D eigenvalue weighted by Gasteiger charge is -2.24. The average Bonchev–Trinajstić information content (AvgIpc) is 2.76. The number of rotatable bonds is 3. The van der Waals surface area contributed by atoms with Gasteiger partial charge in [0.2, 0.25) is 5.91 Å². The minimum Gasteiger partial charge on any atom is -0.341 e. The molecule has 1 saturated heterocycles. The first-order valence-electron chi connectivity index (χ1n) is 6.42. The van der Waals surface area contributed by atoms with E-state index in [2.05, 4.69) is 10.3 Å². The van der Waals surface area contributed by atoms with E-state index < -0.39 is 0 Å². The van der Waals surface area contributed by atoms with Gasteiger partial charge in [-0.2, -0.15) is 0 Å². The summed E-state index contributed by atoms with van der Waals surface area (Å²) in [7, 11) is 0. The predicted molar refractivity (Wildman–Crippen MR) is 65.1 cm³/mol. The highest BCUT2D eigenvalue weighted by molar-refractivity contribution is 5.76. The van der Waals surface area contributed by atoms with Crippen molar-refractivity contribution in [2.75, 3.05) is 13.1 Å². The molecule has 98 valence electrons. The predicted octanol–water partition coefficient (Wildman–Crippen LogP) is 0.883.